The van der Waals surface area contributed by atoms with Gasteiger partial charge in [0.1, 0.15) is 5.78 Å². The molecule has 0 bridgehead atoms. The highest BCUT2D eigenvalue weighted by atomic mass is 32.1. The largest absolute Gasteiger partial charge is 0.375 e. The number of anilines is 1. The van der Waals surface area contributed by atoms with Gasteiger partial charge in [0, 0.05) is 17.5 Å². The van der Waals surface area contributed by atoms with Gasteiger partial charge in [0.25, 0.3) is 0 Å². The molecule has 0 amide bonds. The minimum Gasteiger partial charge on any atom is -0.375 e. The molecule has 0 aliphatic heterocycles. The van der Waals surface area contributed by atoms with Crippen LogP contribution in [0.15, 0.2) is 6.20 Å². The summed E-state index contributed by atoms with van der Waals surface area (Å²) in [4.78, 5) is 15.3. The van der Waals surface area contributed by atoms with Crippen molar-refractivity contribution in [2.45, 2.75) is 13.3 Å². The Bertz CT molecular complexity index is 244. The first-order chi connectivity index (χ1) is 4.68. The van der Waals surface area contributed by atoms with Crippen LogP contribution in [-0.2, 0) is 11.2 Å². The second kappa shape index (κ2) is 2.79. The maximum Gasteiger partial charge on any atom is 0.180 e. The number of carbonyl (C=O) groups excluding carboxylic acids is 1. The lowest BCUT2D eigenvalue weighted by Crippen LogP contribution is -1.92. The molecule has 0 fully saturated rings. The first kappa shape index (κ1) is 7.21. The summed E-state index contributed by atoms with van der Waals surface area (Å²) in [5.41, 5.74) is 5.35. The van der Waals surface area contributed by atoms with E-state index in [4.69, 9.17) is 5.73 Å². The lowest BCUT2D eigenvalue weighted by Gasteiger charge is -1.85. The lowest BCUT2D eigenvalue weighted by molar-refractivity contribution is -0.116. The van der Waals surface area contributed by atoms with Gasteiger partial charge in [-0.05, 0) is 6.92 Å². The average Bonchev–Trinajstić information content (AvgIpc) is 2.13. The van der Waals surface area contributed by atoms with E-state index >= 15 is 0 Å². The Morgan fingerprint density at radius 2 is 2.60 bits per heavy atom. The summed E-state index contributed by atoms with van der Waals surface area (Å²) < 4.78 is 0. The Morgan fingerprint density at radius 1 is 1.90 bits per heavy atom. The van der Waals surface area contributed by atoms with Gasteiger partial charge in [-0.3, -0.25) is 4.79 Å². The van der Waals surface area contributed by atoms with Crippen molar-refractivity contribution >= 4 is 22.3 Å². The summed E-state index contributed by atoms with van der Waals surface area (Å²) >= 11 is 1.36. The van der Waals surface area contributed by atoms with E-state index in [0.29, 0.717) is 11.6 Å². The number of ketones is 1. The van der Waals surface area contributed by atoms with E-state index in [2.05, 4.69) is 4.98 Å². The third-order valence-electron chi connectivity index (χ3n) is 0.995. The lowest BCUT2D eigenvalue weighted by atomic mass is 10.3. The highest BCUT2D eigenvalue weighted by Gasteiger charge is 2.00. The average molecular weight is 156 g/mol. The van der Waals surface area contributed by atoms with Crippen molar-refractivity contribution in [2.24, 2.45) is 0 Å². The number of aromatic nitrogens is 1. The zero-order valence-electron chi connectivity index (χ0n) is 5.63. The molecule has 1 heterocycles. The third-order valence-corrected chi connectivity index (χ3v) is 1.82. The Morgan fingerprint density at radius 3 is 3.00 bits per heavy atom. The van der Waals surface area contributed by atoms with Gasteiger partial charge in [0.05, 0.1) is 0 Å². The molecule has 0 atom stereocenters. The number of carbonyl (C=O) groups is 1. The molecule has 0 unspecified atom stereocenters. The van der Waals surface area contributed by atoms with Crippen molar-refractivity contribution in [1.29, 1.82) is 0 Å². The molecule has 2 N–H and O–H groups in total. The van der Waals surface area contributed by atoms with E-state index in [0.717, 1.165) is 4.88 Å². The monoisotopic (exact) mass is 156 g/mol. The molecule has 0 aliphatic carbocycles. The van der Waals surface area contributed by atoms with Crippen LogP contribution in [0.1, 0.15) is 11.8 Å². The second-order valence-electron chi connectivity index (χ2n) is 2.04. The van der Waals surface area contributed by atoms with Gasteiger partial charge in [0.2, 0.25) is 0 Å². The van der Waals surface area contributed by atoms with Gasteiger partial charge in [0.15, 0.2) is 5.13 Å². The summed E-state index contributed by atoms with van der Waals surface area (Å²) in [6.07, 6.45) is 2.09. The standard InChI is InChI=1S/C6H8N2OS/c1-4(9)2-5-3-8-6(7)10-5/h3H,2H2,1H3,(H2,7,8). The van der Waals surface area contributed by atoms with E-state index in [1.807, 2.05) is 0 Å². The number of hydrogen-bond donors (Lipinski definition) is 1. The number of thiazole rings is 1. The van der Waals surface area contributed by atoms with Gasteiger partial charge in [-0.15, -0.1) is 11.3 Å². The predicted molar refractivity (Wildman–Crippen MR) is 40.9 cm³/mol. The predicted octanol–water partition coefficient (Wildman–Crippen LogP) is 0.857. The van der Waals surface area contributed by atoms with Crippen LogP contribution in [0.2, 0.25) is 0 Å². The zero-order valence-corrected chi connectivity index (χ0v) is 6.44. The number of nitrogen functional groups attached to an aromatic ring is 1. The minimum absolute atomic E-state index is 0.142. The van der Waals surface area contributed by atoms with Gasteiger partial charge in [-0.1, -0.05) is 0 Å². The van der Waals surface area contributed by atoms with Crippen molar-refractivity contribution in [2.75, 3.05) is 5.73 Å². The van der Waals surface area contributed by atoms with Gasteiger partial charge in [-0.2, -0.15) is 0 Å². The number of rotatable bonds is 2. The fraction of sp³-hybridized carbons (Fsp3) is 0.333. The van der Waals surface area contributed by atoms with Crippen molar-refractivity contribution in [3.05, 3.63) is 11.1 Å². The summed E-state index contributed by atoms with van der Waals surface area (Å²) in [5.74, 6) is 0.142. The fourth-order valence-electron chi connectivity index (χ4n) is 0.650. The maximum absolute atomic E-state index is 10.6. The molecule has 4 heteroatoms. The Labute approximate surface area is 62.9 Å². The Balaban J connectivity index is 2.67. The molecule has 0 saturated heterocycles. The number of nitrogens with zero attached hydrogens (tertiary/aromatic N) is 1. The summed E-state index contributed by atoms with van der Waals surface area (Å²) in [6.45, 7) is 1.55. The Hall–Kier alpha value is -0.900. The number of Topliss-reactive ketones (excluding diaryl/α,β-unsaturated/α-hetero) is 1. The quantitative estimate of drug-likeness (QED) is 0.690. The van der Waals surface area contributed by atoms with Crippen LogP contribution in [0, 0.1) is 0 Å². The Kier molecular flexibility index (Phi) is 2.01. The van der Waals surface area contributed by atoms with E-state index in [1.165, 1.54) is 11.3 Å². The van der Waals surface area contributed by atoms with Gasteiger partial charge < -0.3 is 5.73 Å². The minimum atomic E-state index is 0.142. The summed E-state index contributed by atoms with van der Waals surface area (Å²) in [6, 6.07) is 0. The van der Waals surface area contributed by atoms with Gasteiger partial charge >= 0.3 is 0 Å². The van der Waals surface area contributed by atoms with Crippen LogP contribution in [0.3, 0.4) is 0 Å². The van der Waals surface area contributed by atoms with Crippen molar-refractivity contribution in [1.82, 2.24) is 4.98 Å². The van der Waals surface area contributed by atoms with E-state index in [9.17, 15) is 4.79 Å². The van der Waals surface area contributed by atoms with E-state index < -0.39 is 0 Å². The number of hydrogen-bond acceptors (Lipinski definition) is 4. The number of nitrogens with two attached hydrogens (primary N) is 1. The molecule has 0 aromatic carbocycles. The van der Waals surface area contributed by atoms with Crippen LogP contribution >= 0.6 is 11.3 Å². The molecular weight excluding hydrogens is 148 g/mol. The molecule has 1 aromatic heterocycles. The molecule has 1 aromatic rings. The van der Waals surface area contributed by atoms with Gasteiger partial charge in [-0.25, -0.2) is 4.98 Å². The fourth-order valence-corrected chi connectivity index (χ4v) is 1.40. The second-order valence-corrected chi connectivity index (χ2v) is 3.19. The summed E-state index contributed by atoms with van der Waals surface area (Å²) in [7, 11) is 0. The molecule has 0 saturated carbocycles. The normalized spacial score (nSPS) is 9.70. The molecule has 0 spiro atoms. The zero-order chi connectivity index (χ0) is 7.56. The van der Waals surface area contributed by atoms with Crippen molar-refractivity contribution in [3.63, 3.8) is 0 Å². The van der Waals surface area contributed by atoms with Crippen LogP contribution in [0.5, 0.6) is 0 Å². The summed E-state index contributed by atoms with van der Waals surface area (Å²) in [5, 5.41) is 0.524. The van der Waals surface area contributed by atoms with Crippen LogP contribution in [-0.4, -0.2) is 10.8 Å². The van der Waals surface area contributed by atoms with Crippen LogP contribution in [0.4, 0.5) is 5.13 Å². The first-order valence-corrected chi connectivity index (χ1v) is 3.70. The highest BCUT2D eigenvalue weighted by molar-refractivity contribution is 7.15. The van der Waals surface area contributed by atoms with Crippen molar-refractivity contribution in [3.8, 4) is 0 Å². The van der Waals surface area contributed by atoms with Crippen LogP contribution in [0.25, 0.3) is 0 Å². The molecule has 1 rings (SSSR count). The molecule has 0 radical (unpaired) electrons. The molecular formula is C6H8N2OS. The first-order valence-electron chi connectivity index (χ1n) is 2.88. The van der Waals surface area contributed by atoms with E-state index in [-0.39, 0.29) is 5.78 Å². The third kappa shape index (κ3) is 1.80. The van der Waals surface area contributed by atoms with Crippen molar-refractivity contribution < 1.29 is 4.79 Å². The molecule has 0 aliphatic rings. The molecule has 3 nitrogen and oxygen atoms in total. The van der Waals surface area contributed by atoms with Crippen LogP contribution < -0.4 is 5.73 Å². The topological polar surface area (TPSA) is 56.0 Å². The highest BCUT2D eigenvalue weighted by Crippen LogP contribution is 2.14. The maximum atomic E-state index is 10.6. The van der Waals surface area contributed by atoms with E-state index in [1.54, 1.807) is 13.1 Å². The SMILES string of the molecule is CC(=O)Cc1cnc(N)s1. The molecule has 10 heavy (non-hydrogen) atoms. The molecule has 54 valence electrons. The smallest absolute Gasteiger partial charge is 0.180 e.